The maximum Gasteiger partial charge on any atom is 0.261 e. The maximum atomic E-state index is 12.6. The Labute approximate surface area is 156 Å². The van der Waals surface area contributed by atoms with Crippen LogP contribution in [0.4, 0.5) is 5.69 Å². The Balaban J connectivity index is 1.67. The zero-order valence-electron chi connectivity index (χ0n) is 15.5. The van der Waals surface area contributed by atoms with Crippen molar-refractivity contribution >= 4 is 33.4 Å². The molecule has 2 heterocycles. The summed E-state index contributed by atoms with van der Waals surface area (Å²) in [6.07, 6.45) is 1.46. The van der Waals surface area contributed by atoms with E-state index in [9.17, 15) is 9.59 Å². The van der Waals surface area contributed by atoms with Gasteiger partial charge in [0.25, 0.3) is 5.91 Å². The molecule has 5 heteroatoms. The SMILES string of the molecule is CC(C)(C)c1cc2ccc(NC(=O)c3c[nH]c4ccccc4c3=O)cc2[nH]1. The van der Waals surface area contributed by atoms with Gasteiger partial charge in [-0.05, 0) is 35.7 Å². The Morgan fingerprint density at radius 1 is 1.00 bits per heavy atom. The first-order valence-corrected chi connectivity index (χ1v) is 8.88. The number of carbonyl (C=O) groups excluding carboxylic acids is 1. The van der Waals surface area contributed by atoms with Crippen molar-refractivity contribution in [2.45, 2.75) is 26.2 Å². The van der Waals surface area contributed by atoms with Crippen LogP contribution in [0, 0.1) is 0 Å². The minimum absolute atomic E-state index is 0.0147. The number of amides is 1. The van der Waals surface area contributed by atoms with Gasteiger partial charge < -0.3 is 15.3 Å². The Morgan fingerprint density at radius 2 is 1.78 bits per heavy atom. The van der Waals surface area contributed by atoms with Crippen LogP contribution in [-0.4, -0.2) is 15.9 Å². The van der Waals surface area contributed by atoms with Crippen LogP contribution in [0.5, 0.6) is 0 Å². The van der Waals surface area contributed by atoms with Crippen molar-refractivity contribution in [2.75, 3.05) is 5.32 Å². The fraction of sp³-hybridized carbons (Fsp3) is 0.182. The van der Waals surface area contributed by atoms with Crippen LogP contribution in [0.3, 0.4) is 0 Å². The third-order valence-electron chi connectivity index (χ3n) is 4.72. The third-order valence-corrected chi connectivity index (χ3v) is 4.72. The van der Waals surface area contributed by atoms with Crippen LogP contribution in [-0.2, 0) is 5.41 Å². The molecule has 3 N–H and O–H groups in total. The minimum Gasteiger partial charge on any atom is -0.360 e. The van der Waals surface area contributed by atoms with Gasteiger partial charge >= 0.3 is 0 Å². The molecule has 4 rings (SSSR count). The molecule has 0 aliphatic rings. The first-order chi connectivity index (χ1) is 12.8. The first-order valence-electron chi connectivity index (χ1n) is 8.88. The van der Waals surface area contributed by atoms with Gasteiger partial charge in [-0.15, -0.1) is 0 Å². The summed E-state index contributed by atoms with van der Waals surface area (Å²) in [5.74, 6) is -0.427. The second-order valence-corrected chi connectivity index (χ2v) is 7.77. The Morgan fingerprint density at radius 3 is 2.56 bits per heavy atom. The summed E-state index contributed by atoms with van der Waals surface area (Å²) in [6, 6.07) is 15.0. The molecule has 4 aromatic rings. The molecule has 0 aliphatic heterocycles. The number of anilines is 1. The number of rotatable bonds is 2. The summed E-state index contributed by atoms with van der Waals surface area (Å²) in [4.78, 5) is 31.7. The van der Waals surface area contributed by atoms with Gasteiger partial charge in [-0.25, -0.2) is 0 Å². The van der Waals surface area contributed by atoms with Gasteiger partial charge in [-0.3, -0.25) is 9.59 Å². The van der Waals surface area contributed by atoms with Crippen LogP contribution in [0.25, 0.3) is 21.8 Å². The Bertz CT molecular complexity index is 1230. The zero-order chi connectivity index (χ0) is 19.2. The van der Waals surface area contributed by atoms with E-state index in [1.165, 1.54) is 6.20 Å². The average molecular weight is 359 g/mol. The molecule has 1 amide bonds. The van der Waals surface area contributed by atoms with Gasteiger partial charge in [0, 0.05) is 39.4 Å². The number of benzene rings is 2. The van der Waals surface area contributed by atoms with Crippen LogP contribution < -0.4 is 10.7 Å². The molecule has 0 fully saturated rings. The van der Waals surface area contributed by atoms with E-state index in [4.69, 9.17) is 0 Å². The number of aromatic amines is 2. The quantitative estimate of drug-likeness (QED) is 0.491. The lowest BCUT2D eigenvalue weighted by Gasteiger charge is -2.15. The molecular formula is C22H21N3O2. The lowest BCUT2D eigenvalue weighted by molar-refractivity contribution is 0.102. The van der Waals surface area contributed by atoms with Gasteiger partial charge in [-0.1, -0.05) is 39.0 Å². The van der Waals surface area contributed by atoms with Crippen molar-refractivity contribution in [3.8, 4) is 0 Å². The third kappa shape index (κ3) is 3.12. The molecule has 2 aromatic heterocycles. The van der Waals surface area contributed by atoms with E-state index in [1.54, 1.807) is 12.1 Å². The molecule has 0 radical (unpaired) electrons. The van der Waals surface area contributed by atoms with Gasteiger partial charge in [0.15, 0.2) is 0 Å². The van der Waals surface area contributed by atoms with E-state index in [2.05, 4.69) is 42.1 Å². The van der Waals surface area contributed by atoms with Crippen molar-refractivity contribution in [2.24, 2.45) is 0 Å². The predicted octanol–water partition coefficient (Wildman–Crippen LogP) is 4.56. The molecule has 0 saturated heterocycles. The monoisotopic (exact) mass is 359 g/mol. The predicted molar refractivity (Wildman–Crippen MR) is 110 cm³/mol. The van der Waals surface area contributed by atoms with Crippen LogP contribution in [0.15, 0.2) is 59.5 Å². The number of para-hydroxylation sites is 1. The molecular weight excluding hydrogens is 338 g/mol. The number of pyridine rings is 1. The fourth-order valence-electron chi connectivity index (χ4n) is 3.14. The molecule has 2 aromatic carbocycles. The molecule has 5 nitrogen and oxygen atoms in total. The van der Waals surface area contributed by atoms with Gasteiger partial charge in [-0.2, -0.15) is 0 Å². The summed E-state index contributed by atoms with van der Waals surface area (Å²) in [5.41, 5.74) is 3.26. The van der Waals surface area contributed by atoms with Crippen molar-refractivity contribution < 1.29 is 4.79 Å². The number of hydrogen-bond donors (Lipinski definition) is 3. The van der Waals surface area contributed by atoms with Gasteiger partial charge in [0.2, 0.25) is 5.43 Å². The largest absolute Gasteiger partial charge is 0.360 e. The van der Waals surface area contributed by atoms with E-state index in [-0.39, 0.29) is 16.4 Å². The lowest BCUT2D eigenvalue weighted by atomic mass is 9.92. The lowest BCUT2D eigenvalue weighted by Crippen LogP contribution is -2.21. The van der Waals surface area contributed by atoms with E-state index < -0.39 is 5.91 Å². The van der Waals surface area contributed by atoms with Crippen molar-refractivity contribution in [1.29, 1.82) is 0 Å². The topological polar surface area (TPSA) is 77.8 Å². The normalized spacial score (nSPS) is 11.8. The van der Waals surface area contributed by atoms with Gasteiger partial charge in [0.05, 0.1) is 0 Å². The molecule has 0 aliphatic carbocycles. The highest BCUT2D eigenvalue weighted by Crippen LogP contribution is 2.27. The van der Waals surface area contributed by atoms with Crippen LogP contribution >= 0.6 is 0 Å². The molecule has 27 heavy (non-hydrogen) atoms. The van der Waals surface area contributed by atoms with E-state index in [0.29, 0.717) is 16.6 Å². The Kier molecular flexibility index (Phi) is 3.88. The molecule has 0 unspecified atom stereocenters. The van der Waals surface area contributed by atoms with E-state index in [1.807, 2.05) is 30.3 Å². The van der Waals surface area contributed by atoms with Gasteiger partial charge in [0.1, 0.15) is 5.56 Å². The first kappa shape index (κ1) is 17.1. The van der Waals surface area contributed by atoms with Crippen molar-refractivity contribution in [1.82, 2.24) is 9.97 Å². The number of aromatic nitrogens is 2. The van der Waals surface area contributed by atoms with E-state index >= 15 is 0 Å². The second-order valence-electron chi connectivity index (χ2n) is 7.77. The van der Waals surface area contributed by atoms with E-state index in [0.717, 1.165) is 16.6 Å². The second kappa shape index (κ2) is 6.13. The summed E-state index contributed by atoms with van der Waals surface area (Å²) >= 11 is 0. The summed E-state index contributed by atoms with van der Waals surface area (Å²) in [7, 11) is 0. The zero-order valence-corrected chi connectivity index (χ0v) is 15.5. The molecule has 0 bridgehead atoms. The average Bonchev–Trinajstić information content (AvgIpc) is 3.06. The minimum atomic E-state index is -0.427. The molecule has 136 valence electrons. The standard InChI is InChI=1S/C22H21N3O2/c1-22(2,3)19-10-13-8-9-14(11-18(13)25-19)24-21(27)16-12-23-17-7-5-4-6-15(17)20(16)26/h4-12,25H,1-3H3,(H,23,26)(H,24,27). The highest BCUT2D eigenvalue weighted by molar-refractivity contribution is 6.06. The smallest absolute Gasteiger partial charge is 0.261 e. The maximum absolute atomic E-state index is 12.6. The number of fused-ring (bicyclic) bond motifs is 2. The van der Waals surface area contributed by atoms with Crippen LogP contribution in [0.2, 0.25) is 0 Å². The van der Waals surface area contributed by atoms with Crippen molar-refractivity contribution in [3.63, 3.8) is 0 Å². The van der Waals surface area contributed by atoms with Crippen molar-refractivity contribution in [3.05, 3.63) is 76.2 Å². The van der Waals surface area contributed by atoms with Crippen LogP contribution in [0.1, 0.15) is 36.8 Å². The highest BCUT2D eigenvalue weighted by atomic mass is 16.2. The summed E-state index contributed by atoms with van der Waals surface area (Å²) < 4.78 is 0. The number of hydrogen-bond acceptors (Lipinski definition) is 2. The molecule has 0 spiro atoms. The summed E-state index contributed by atoms with van der Waals surface area (Å²) in [5, 5.41) is 4.41. The fourth-order valence-corrected chi connectivity index (χ4v) is 3.14. The highest BCUT2D eigenvalue weighted by Gasteiger charge is 2.17. The number of carbonyl (C=O) groups is 1. The Hall–Kier alpha value is -3.34. The summed E-state index contributed by atoms with van der Waals surface area (Å²) in [6.45, 7) is 6.44. The number of nitrogens with one attached hydrogen (secondary N) is 3. The number of H-pyrrole nitrogens is 2. The molecule has 0 atom stereocenters. The molecule has 0 saturated carbocycles.